The molecule has 2 amide bonds. The average Bonchev–Trinajstić information content (AvgIpc) is 3.22. The van der Waals surface area contributed by atoms with Gasteiger partial charge in [-0.2, -0.15) is 0 Å². The molecule has 0 bridgehead atoms. The van der Waals surface area contributed by atoms with E-state index in [1.165, 1.54) is 35.1 Å². The minimum absolute atomic E-state index is 0.0163. The maximum atomic E-state index is 12.8. The number of carboxylic acids is 1. The maximum absolute atomic E-state index is 12.8. The minimum Gasteiger partial charge on any atom is -0.480 e. The number of hydrogen-bond donors (Lipinski definition) is 2. The second kappa shape index (κ2) is 8.27. The molecule has 2 fully saturated rings. The number of carbonyl (C=O) groups is 3. The average molecular weight is 462 g/mol. The van der Waals surface area contributed by atoms with Crippen molar-refractivity contribution >= 4 is 46.6 Å². The molecule has 162 valence electrons. The lowest BCUT2D eigenvalue weighted by Crippen LogP contribution is -2.74. The first-order chi connectivity index (χ1) is 14.9. The molecule has 1 aromatic heterocycles. The van der Waals surface area contributed by atoms with Gasteiger partial charge < -0.3 is 20.2 Å². The van der Waals surface area contributed by atoms with Crippen LogP contribution in [-0.4, -0.2) is 74.5 Å². The van der Waals surface area contributed by atoms with Gasteiger partial charge in [0.05, 0.1) is 0 Å². The Morgan fingerprint density at radius 3 is 2.68 bits per heavy atom. The Balaban J connectivity index is 1.50. The number of carboxylic acid groups (broad SMARTS) is 1. The van der Waals surface area contributed by atoms with E-state index in [4.69, 9.17) is 4.84 Å². The molecule has 10 nitrogen and oxygen atoms in total. The van der Waals surface area contributed by atoms with Gasteiger partial charge in [0.1, 0.15) is 34.0 Å². The van der Waals surface area contributed by atoms with Crippen LogP contribution in [0.3, 0.4) is 0 Å². The van der Waals surface area contributed by atoms with Crippen molar-refractivity contribution in [1.82, 2.24) is 20.4 Å². The number of aromatic nitrogens is 2. The van der Waals surface area contributed by atoms with Crippen LogP contribution >= 0.6 is 23.1 Å². The molecule has 12 heteroatoms. The second-order valence-corrected chi connectivity index (χ2v) is 9.41. The topological polar surface area (TPSA) is 134 Å². The second-order valence-electron chi connectivity index (χ2n) is 7.12. The first-order valence-corrected chi connectivity index (χ1v) is 11.2. The molecule has 0 radical (unpaired) electrons. The van der Waals surface area contributed by atoms with Gasteiger partial charge in [0.15, 0.2) is 5.71 Å². The molecule has 2 N–H and O–H groups in total. The van der Waals surface area contributed by atoms with Crippen LogP contribution in [0, 0.1) is 6.92 Å². The highest BCUT2D eigenvalue weighted by atomic mass is 32.2. The molecule has 0 aliphatic carbocycles. The van der Waals surface area contributed by atoms with Crippen molar-refractivity contribution in [2.24, 2.45) is 5.16 Å². The number of fused-ring (bicyclic) bond motifs is 1. The van der Waals surface area contributed by atoms with Gasteiger partial charge in [-0.15, -0.1) is 33.3 Å². The highest BCUT2D eigenvalue weighted by Gasteiger charge is 2.59. The van der Waals surface area contributed by atoms with Crippen LogP contribution in [-0.2, 0) is 24.6 Å². The molecule has 3 heterocycles. The van der Waals surface area contributed by atoms with Crippen LogP contribution in [0.15, 0.2) is 35.5 Å². The third-order valence-electron chi connectivity index (χ3n) is 5.16. The van der Waals surface area contributed by atoms with Gasteiger partial charge in [0.25, 0.3) is 5.91 Å². The number of carbonyl (C=O) groups excluding carboxylic acids is 2. The van der Waals surface area contributed by atoms with E-state index in [-0.39, 0.29) is 29.3 Å². The zero-order valence-electron chi connectivity index (χ0n) is 16.6. The third-order valence-corrected chi connectivity index (χ3v) is 7.73. The van der Waals surface area contributed by atoms with Crippen molar-refractivity contribution in [1.29, 1.82) is 0 Å². The number of thioether (sulfide) groups is 1. The lowest BCUT2D eigenvalue weighted by Gasteiger charge is -2.53. The lowest BCUT2D eigenvalue weighted by molar-refractivity contribution is -0.154. The molecule has 0 saturated carbocycles. The van der Waals surface area contributed by atoms with Crippen LogP contribution in [0.2, 0.25) is 0 Å². The van der Waals surface area contributed by atoms with E-state index in [1.807, 2.05) is 6.07 Å². The van der Waals surface area contributed by atoms with Crippen LogP contribution < -0.4 is 5.32 Å². The van der Waals surface area contributed by atoms with Gasteiger partial charge in [-0.25, -0.2) is 0 Å². The normalized spacial score (nSPS) is 25.4. The van der Waals surface area contributed by atoms with Crippen molar-refractivity contribution in [2.45, 2.75) is 23.8 Å². The van der Waals surface area contributed by atoms with E-state index in [0.717, 1.165) is 0 Å². The Kier molecular flexibility index (Phi) is 5.67. The number of oxime groups is 1. The summed E-state index contributed by atoms with van der Waals surface area (Å²) >= 11 is 2.52. The van der Waals surface area contributed by atoms with Crippen LogP contribution in [0.5, 0.6) is 0 Å². The largest absolute Gasteiger partial charge is 0.480 e. The molecular formula is C19H19N5O5S2. The van der Waals surface area contributed by atoms with Gasteiger partial charge in [-0.1, -0.05) is 35.5 Å². The number of rotatable bonds is 6. The Hall–Kier alpha value is -2.99. The third kappa shape index (κ3) is 3.65. The van der Waals surface area contributed by atoms with E-state index in [2.05, 4.69) is 20.7 Å². The van der Waals surface area contributed by atoms with E-state index >= 15 is 0 Å². The summed E-state index contributed by atoms with van der Waals surface area (Å²) in [5, 5.41) is 25.1. The molecule has 3 atom stereocenters. The van der Waals surface area contributed by atoms with E-state index in [9.17, 15) is 19.5 Å². The molecule has 1 aromatic carbocycles. The summed E-state index contributed by atoms with van der Waals surface area (Å²) in [6.07, 6.45) is 0. The fourth-order valence-corrected chi connectivity index (χ4v) is 6.03. The molecule has 0 spiro atoms. The molecule has 2 aliphatic heterocycles. The summed E-state index contributed by atoms with van der Waals surface area (Å²) in [6.45, 7) is 1.74. The van der Waals surface area contributed by atoms with Crippen molar-refractivity contribution in [3.8, 4) is 0 Å². The van der Waals surface area contributed by atoms with E-state index in [1.54, 1.807) is 31.2 Å². The van der Waals surface area contributed by atoms with Crippen molar-refractivity contribution < 1.29 is 24.3 Å². The van der Waals surface area contributed by atoms with Crippen LogP contribution in [0.4, 0.5) is 0 Å². The van der Waals surface area contributed by atoms with Gasteiger partial charge in [0.2, 0.25) is 5.91 Å². The molecule has 2 saturated heterocycles. The summed E-state index contributed by atoms with van der Waals surface area (Å²) in [7, 11) is 1.34. The Labute approximate surface area is 185 Å². The maximum Gasteiger partial charge on any atom is 0.319 e. The monoisotopic (exact) mass is 461 g/mol. The summed E-state index contributed by atoms with van der Waals surface area (Å²) in [5.74, 6) is -1.72. The van der Waals surface area contributed by atoms with Gasteiger partial charge in [-0.3, -0.25) is 14.4 Å². The summed E-state index contributed by atoms with van der Waals surface area (Å²) < 4.78 is 0. The fourth-order valence-electron chi connectivity index (χ4n) is 3.54. The molecule has 31 heavy (non-hydrogen) atoms. The SMILES string of the molecule is CON=C(C(=O)NC1C(=O)N2CC(C(=O)O)(c3nnc(C)s3)CS[C@H]12)c1ccccc1. The highest BCUT2D eigenvalue weighted by molar-refractivity contribution is 8.00. The summed E-state index contributed by atoms with van der Waals surface area (Å²) in [5.41, 5.74) is -0.706. The Morgan fingerprint density at radius 1 is 1.32 bits per heavy atom. The highest BCUT2D eigenvalue weighted by Crippen LogP contribution is 2.44. The van der Waals surface area contributed by atoms with Crippen LogP contribution in [0.1, 0.15) is 15.6 Å². The predicted octanol–water partition coefficient (Wildman–Crippen LogP) is 0.620. The van der Waals surface area contributed by atoms with Gasteiger partial charge in [0, 0.05) is 17.9 Å². The molecule has 2 aromatic rings. The minimum atomic E-state index is -1.32. The number of β-lactam (4-membered cyclic amide) rings is 1. The van der Waals surface area contributed by atoms with Crippen LogP contribution in [0.25, 0.3) is 0 Å². The zero-order valence-corrected chi connectivity index (χ0v) is 18.3. The zero-order chi connectivity index (χ0) is 22.2. The molecule has 2 aliphatic rings. The Bertz CT molecular complexity index is 1060. The number of amides is 2. The smallest absolute Gasteiger partial charge is 0.319 e. The van der Waals surface area contributed by atoms with E-state index < -0.39 is 23.3 Å². The molecule has 4 rings (SSSR count). The first-order valence-electron chi connectivity index (χ1n) is 9.31. The Morgan fingerprint density at radius 2 is 2.06 bits per heavy atom. The number of hydrogen-bond acceptors (Lipinski definition) is 9. The number of aliphatic carboxylic acids is 1. The lowest BCUT2D eigenvalue weighted by atomic mass is 9.88. The number of aryl methyl sites for hydroxylation is 1. The summed E-state index contributed by atoms with van der Waals surface area (Å²) in [6, 6.07) is 8.00. The quantitative estimate of drug-likeness (QED) is 0.363. The fraction of sp³-hybridized carbons (Fsp3) is 0.368. The van der Waals surface area contributed by atoms with E-state index in [0.29, 0.717) is 15.6 Å². The standard InChI is InChI=1S/C19H19N5O5S2/c1-10-21-22-17(31-10)19(18(27)28)8-24-15(26)13(16(24)30-9-19)20-14(25)12(23-29-2)11-6-4-3-5-7-11/h3-7,13,16H,8-9H2,1-2H3,(H,20,25)(H,27,28)/t13?,16-,19?/m1/s1. The number of nitrogens with one attached hydrogen (secondary N) is 1. The molecular weight excluding hydrogens is 442 g/mol. The van der Waals surface area contributed by atoms with Crippen molar-refractivity contribution in [2.75, 3.05) is 19.4 Å². The van der Waals surface area contributed by atoms with Gasteiger partial charge in [-0.05, 0) is 6.92 Å². The van der Waals surface area contributed by atoms with Crippen molar-refractivity contribution in [3.63, 3.8) is 0 Å². The summed E-state index contributed by atoms with van der Waals surface area (Å²) in [4.78, 5) is 44.0. The number of nitrogens with zero attached hydrogens (tertiary/aromatic N) is 4. The predicted molar refractivity (Wildman–Crippen MR) is 114 cm³/mol. The molecule has 2 unspecified atom stereocenters. The first kappa shape index (κ1) is 21.2. The van der Waals surface area contributed by atoms with Crippen molar-refractivity contribution in [3.05, 3.63) is 45.9 Å². The van der Waals surface area contributed by atoms with Gasteiger partial charge >= 0.3 is 5.97 Å². The number of benzene rings is 1.